The van der Waals surface area contributed by atoms with E-state index in [1.807, 2.05) is 38.1 Å². The number of para-hydroxylation sites is 1. The second-order valence-electron chi connectivity index (χ2n) is 5.53. The summed E-state index contributed by atoms with van der Waals surface area (Å²) in [5, 5.41) is 4.88. The van der Waals surface area contributed by atoms with Crippen LogP contribution >= 0.6 is 0 Å². The Bertz CT molecular complexity index is 925. The molecular weight excluding hydrogens is 290 g/mol. The molecule has 0 aliphatic rings. The van der Waals surface area contributed by atoms with E-state index in [2.05, 4.69) is 5.10 Å². The highest BCUT2D eigenvalue weighted by atomic mass is 16.2. The lowest BCUT2D eigenvalue weighted by molar-refractivity contribution is 0.0948. The van der Waals surface area contributed by atoms with Gasteiger partial charge in [0.25, 0.3) is 5.91 Å². The number of rotatable bonds is 3. The van der Waals surface area contributed by atoms with Crippen LogP contribution in [0.25, 0.3) is 10.9 Å². The first-order chi connectivity index (χ1) is 11.0. The molecule has 0 unspecified atom stereocenters. The molecule has 0 aliphatic heterocycles. The third-order valence-electron chi connectivity index (χ3n) is 3.84. The second-order valence-corrected chi connectivity index (χ2v) is 5.53. The quantitative estimate of drug-likeness (QED) is 0.754. The Kier molecular flexibility index (Phi) is 3.80. The van der Waals surface area contributed by atoms with Crippen LogP contribution in [0.2, 0.25) is 0 Å². The number of benzene rings is 2. The van der Waals surface area contributed by atoms with E-state index < -0.39 is 0 Å². The molecule has 1 aromatic heterocycles. The van der Waals surface area contributed by atoms with Gasteiger partial charge in [-0.15, -0.1) is 0 Å². The van der Waals surface area contributed by atoms with Crippen LogP contribution in [0.15, 0.2) is 42.5 Å². The average molecular weight is 307 g/mol. The van der Waals surface area contributed by atoms with Crippen LogP contribution in [0, 0.1) is 13.8 Å². The minimum atomic E-state index is -0.284. The van der Waals surface area contributed by atoms with E-state index in [-0.39, 0.29) is 23.9 Å². The van der Waals surface area contributed by atoms with Crippen molar-refractivity contribution in [3.8, 4) is 0 Å². The predicted molar refractivity (Wildman–Crippen MR) is 88.8 cm³/mol. The van der Waals surface area contributed by atoms with E-state index in [1.54, 1.807) is 18.2 Å². The van der Waals surface area contributed by atoms with Gasteiger partial charge in [-0.3, -0.25) is 9.59 Å². The zero-order valence-corrected chi connectivity index (χ0v) is 13.0. The number of Topliss-reactive ketones (excluding diaryl/α,β-unsaturated/α-hetero) is 1. The predicted octanol–water partition coefficient (Wildman–Crippen LogP) is 2.48. The fourth-order valence-electron chi connectivity index (χ4n) is 2.69. The Morgan fingerprint density at radius 1 is 1.13 bits per heavy atom. The molecule has 0 amide bonds. The van der Waals surface area contributed by atoms with Crippen LogP contribution in [0.1, 0.15) is 32.0 Å². The van der Waals surface area contributed by atoms with E-state index in [0.29, 0.717) is 16.5 Å². The maximum absolute atomic E-state index is 12.9. The normalized spacial score (nSPS) is 10.9. The number of fused-ring (bicyclic) bond motifs is 1. The van der Waals surface area contributed by atoms with Gasteiger partial charge in [0.1, 0.15) is 5.69 Å². The maximum Gasteiger partial charge on any atom is 0.279 e. The average Bonchev–Trinajstić information content (AvgIpc) is 2.93. The molecule has 0 atom stereocenters. The van der Waals surface area contributed by atoms with Crippen molar-refractivity contribution in [2.24, 2.45) is 5.73 Å². The molecule has 116 valence electrons. The molecule has 0 saturated carbocycles. The summed E-state index contributed by atoms with van der Waals surface area (Å²) in [5.74, 6) is -0.539. The van der Waals surface area contributed by atoms with Crippen molar-refractivity contribution in [2.45, 2.75) is 13.8 Å². The van der Waals surface area contributed by atoms with E-state index >= 15 is 0 Å². The molecule has 2 aromatic carbocycles. The molecule has 5 heteroatoms. The Balaban J connectivity index is 2.20. The van der Waals surface area contributed by atoms with Gasteiger partial charge in [-0.05, 0) is 31.5 Å². The number of nitrogens with zero attached hydrogens (tertiary/aromatic N) is 2. The van der Waals surface area contributed by atoms with Crippen LogP contribution in [0.5, 0.6) is 0 Å². The molecule has 0 radical (unpaired) electrons. The first-order valence-corrected chi connectivity index (χ1v) is 7.36. The first kappa shape index (κ1) is 15.1. The Hall–Kier alpha value is -2.79. The van der Waals surface area contributed by atoms with Crippen LogP contribution in [0.4, 0.5) is 0 Å². The number of nitrogens with two attached hydrogens (primary N) is 1. The fraction of sp³-hybridized carbons (Fsp3) is 0.167. The molecule has 1 heterocycles. The van der Waals surface area contributed by atoms with Crippen molar-refractivity contribution in [1.82, 2.24) is 9.78 Å². The largest absolute Gasteiger partial charge is 0.324 e. The molecule has 5 nitrogen and oxygen atoms in total. The highest BCUT2D eigenvalue weighted by molar-refractivity contribution is 6.10. The van der Waals surface area contributed by atoms with Crippen LogP contribution in [-0.2, 0) is 0 Å². The SMILES string of the molecule is Cc1ccc(C(=O)n2nc(C(=O)CN)c3ccccc32)c(C)c1. The van der Waals surface area contributed by atoms with E-state index in [0.717, 1.165) is 11.1 Å². The van der Waals surface area contributed by atoms with Crippen LogP contribution in [-0.4, -0.2) is 28.0 Å². The molecule has 0 bridgehead atoms. The van der Waals surface area contributed by atoms with Crippen molar-refractivity contribution in [1.29, 1.82) is 0 Å². The van der Waals surface area contributed by atoms with Crippen molar-refractivity contribution < 1.29 is 9.59 Å². The minimum absolute atomic E-state index is 0.140. The Labute approximate surface area is 133 Å². The Morgan fingerprint density at radius 3 is 2.57 bits per heavy atom. The number of hydrogen-bond acceptors (Lipinski definition) is 4. The molecule has 0 fully saturated rings. The summed E-state index contributed by atoms with van der Waals surface area (Å²) in [6.45, 7) is 3.72. The monoisotopic (exact) mass is 307 g/mol. The standard InChI is InChI=1S/C18H17N3O2/c1-11-7-8-13(12(2)9-11)18(23)21-15-6-4-3-5-14(15)17(20-21)16(22)10-19/h3-9H,10,19H2,1-2H3. The first-order valence-electron chi connectivity index (χ1n) is 7.36. The summed E-state index contributed by atoms with van der Waals surface area (Å²) in [4.78, 5) is 24.9. The van der Waals surface area contributed by atoms with Gasteiger partial charge in [0.15, 0.2) is 5.78 Å². The molecule has 3 rings (SSSR count). The number of aromatic nitrogens is 2. The lowest BCUT2D eigenvalue weighted by Crippen LogP contribution is -2.18. The molecule has 3 aromatic rings. The molecule has 2 N–H and O–H groups in total. The van der Waals surface area contributed by atoms with Crippen LogP contribution in [0.3, 0.4) is 0 Å². The fourth-order valence-corrected chi connectivity index (χ4v) is 2.69. The van der Waals surface area contributed by atoms with Gasteiger partial charge in [0.05, 0.1) is 12.1 Å². The smallest absolute Gasteiger partial charge is 0.279 e. The zero-order valence-electron chi connectivity index (χ0n) is 13.0. The van der Waals surface area contributed by atoms with Gasteiger partial charge in [-0.2, -0.15) is 9.78 Å². The topological polar surface area (TPSA) is 78.0 Å². The summed E-state index contributed by atoms with van der Waals surface area (Å²) in [7, 11) is 0. The van der Waals surface area contributed by atoms with Crippen molar-refractivity contribution in [3.05, 3.63) is 64.8 Å². The van der Waals surface area contributed by atoms with Gasteiger partial charge < -0.3 is 5.73 Å². The highest BCUT2D eigenvalue weighted by Gasteiger charge is 2.21. The number of ketones is 1. The van der Waals surface area contributed by atoms with E-state index in [9.17, 15) is 9.59 Å². The minimum Gasteiger partial charge on any atom is -0.324 e. The van der Waals surface area contributed by atoms with Crippen LogP contribution < -0.4 is 5.73 Å². The van der Waals surface area contributed by atoms with E-state index in [1.165, 1.54) is 4.68 Å². The maximum atomic E-state index is 12.9. The summed E-state index contributed by atoms with van der Waals surface area (Å²) in [6, 6.07) is 12.8. The lowest BCUT2D eigenvalue weighted by Gasteiger charge is -2.06. The molecule has 23 heavy (non-hydrogen) atoms. The summed E-state index contributed by atoms with van der Waals surface area (Å²) < 4.78 is 1.29. The number of carbonyl (C=O) groups is 2. The third kappa shape index (κ3) is 2.55. The van der Waals surface area contributed by atoms with Crippen molar-refractivity contribution in [2.75, 3.05) is 6.54 Å². The number of carbonyl (C=O) groups excluding carboxylic acids is 2. The Morgan fingerprint density at radius 2 is 1.87 bits per heavy atom. The van der Waals surface area contributed by atoms with Gasteiger partial charge in [0, 0.05) is 10.9 Å². The van der Waals surface area contributed by atoms with Crippen molar-refractivity contribution >= 4 is 22.6 Å². The molecule has 0 saturated heterocycles. The zero-order chi connectivity index (χ0) is 16.6. The number of hydrogen-bond donors (Lipinski definition) is 1. The second kappa shape index (κ2) is 5.78. The summed E-state index contributed by atoms with van der Waals surface area (Å²) in [6.07, 6.45) is 0. The van der Waals surface area contributed by atoms with Gasteiger partial charge in [0.2, 0.25) is 0 Å². The summed E-state index contributed by atoms with van der Waals surface area (Å²) >= 11 is 0. The van der Waals surface area contributed by atoms with Gasteiger partial charge in [-0.25, -0.2) is 0 Å². The van der Waals surface area contributed by atoms with E-state index in [4.69, 9.17) is 5.73 Å². The molecule has 0 aliphatic carbocycles. The molecule has 0 spiro atoms. The number of aryl methyl sites for hydroxylation is 2. The molecular formula is C18H17N3O2. The van der Waals surface area contributed by atoms with Gasteiger partial charge >= 0.3 is 0 Å². The third-order valence-corrected chi connectivity index (χ3v) is 3.84. The van der Waals surface area contributed by atoms with Crippen molar-refractivity contribution in [3.63, 3.8) is 0 Å². The highest BCUT2D eigenvalue weighted by Crippen LogP contribution is 2.21. The lowest BCUT2D eigenvalue weighted by atomic mass is 10.1. The summed E-state index contributed by atoms with van der Waals surface area (Å²) in [5.41, 5.74) is 8.82. The van der Waals surface area contributed by atoms with Gasteiger partial charge in [-0.1, -0.05) is 35.9 Å².